The fourth-order valence-corrected chi connectivity index (χ4v) is 1.34. The number of ether oxygens (including phenoxy) is 2. The Kier molecular flexibility index (Phi) is 2.32. The molecule has 0 bridgehead atoms. The molecule has 0 aromatic carbocycles. The molecular formula is C10H15BO4. The average Bonchev–Trinajstić information content (AvgIpc) is 2.38. The largest absolute Gasteiger partial charge is 0.536 e. The number of rotatable bonds is 1. The normalized spacial score (nSPS) is 26.9. The van der Waals surface area contributed by atoms with Crippen LogP contribution in [-0.4, -0.2) is 18.3 Å². The predicted molar refractivity (Wildman–Crippen MR) is 55.5 cm³/mol. The summed E-state index contributed by atoms with van der Waals surface area (Å²) < 4.78 is 21.8. The molecule has 15 heavy (non-hydrogen) atoms. The van der Waals surface area contributed by atoms with Crippen molar-refractivity contribution in [2.75, 3.05) is 0 Å². The molecule has 2 heterocycles. The zero-order valence-corrected chi connectivity index (χ0v) is 9.44. The highest BCUT2D eigenvalue weighted by atomic mass is 16.7. The third-order valence-electron chi connectivity index (χ3n) is 3.01. The zero-order chi connectivity index (χ0) is 11.1. The molecule has 0 radical (unpaired) electrons. The van der Waals surface area contributed by atoms with Gasteiger partial charge in [0.1, 0.15) is 18.8 Å². The minimum Gasteiger partial charge on any atom is -0.467 e. The topological polar surface area (TPSA) is 36.9 Å². The number of hydrogen-bond acceptors (Lipinski definition) is 4. The predicted octanol–water partition coefficient (Wildman–Crippen LogP) is 1.98. The Balaban J connectivity index is 2.12. The van der Waals surface area contributed by atoms with Gasteiger partial charge in [-0.3, -0.25) is 0 Å². The lowest BCUT2D eigenvalue weighted by Crippen LogP contribution is -2.41. The van der Waals surface area contributed by atoms with Crippen molar-refractivity contribution < 1.29 is 18.8 Å². The van der Waals surface area contributed by atoms with Crippen LogP contribution in [0.5, 0.6) is 0 Å². The molecule has 0 atom stereocenters. The third-order valence-corrected chi connectivity index (χ3v) is 3.01. The van der Waals surface area contributed by atoms with Gasteiger partial charge in [-0.1, -0.05) is 0 Å². The van der Waals surface area contributed by atoms with E-state index < -0.39 is 7.12 Å². The van der Waals surface area contributed by atoms with Crippen molar-refractivity contribution in [2.24, 2.45) is 0 Å². The maximum atomic E-state index is 5.77. The lowest BCUT2D eigenvalue weighted by Gasteiger charge is -2.32. The van der Waals surface area contributed by atoms with Gasteiger partial charge < -0.3 is 18.8 Å². The van der Waals surface area contributed by atoms with Crippen molar-refractivity contribution in [1.29, 1.82) is 0 Å². The van der Waals surface area contributed by atoms with E-state index >= 15 is 0 Å². The molecule has 5 heteroatoms. The van der Waals surface area contributed by atoms with Crippen LogP contribution in [0.25, 0.3) is 0 Å². The van der Waals surface area contributed by atoms with Crippen molar-refractivity contribution in [2.45, 2.75) is 38.9 Å². The van der Waals surface area contributed by atoms with E-state index in [4.69, 9.17) is 18.8 Å². The first kappa shape index (κ1) is 10.6. The van der Waals surface area contributed by atoms with Crippen molar-refractivity contribution in [1.82, 2.24) is 0 Å². The molecule has 2 aliphatic heterocycles. The summed E-state index contributed by atoms with van der Waals surface area (Å²) in [5, 5.41) is 0. The Bertz CT molecular complexity index is 303. The van der Waals surface area contributed by atoms with Crippen LogP contribution < -0.4 is 0 Å². The first-order chi connectivity index (χ1) is 6.92. The van der Waals surface area contributed by atoms with E-state index in [0.29, 0.717) is 5.66 Å². The summed E-state index contributed by atoms with van der Waals surface area (Å²) in [6.45, 7) is 7.97. The summed E-state index contributed by atoms with van der Waals surface area (Å²) in [4.78, 5) is 0. The fraction of sp³-hybridized carbons (Fsp3) is 0.600. The minimum atomic E-state index is -0.500. The molecule has 0 aromatic rings. The van der Waals surface area contributed by atoms with Gasteiger partial charge in [-0.2, -0.15) is 0 Å². The summed E-state index contributed by atoms with van der Waals surface area (Å²) in [6, 6.07) is 0. The molecule has 1 saturated heterocycles. The Morgan fingerprint density at radius 3 is 2.07 bits per heavy atom. The summed E-state index contributed by atoms with van der Waals surface area (Å²) in [6.07, 6.45) is 4.40. The fourth-order valence-electron chi connectivity index (χ4n) is 1.34. The van der Waals surface area contributed by atoms with Gasteiger partial charge in [-0.25, -0.2) is 0 Å². The van der Waals surface area contributed by atoms with Crippen LogP contribution in [0.1, 0.15) is 27.7 Å². The Labute approximate surface area is 90.0 Å². The lowest BCUT2D eigenvalue weighted by atomic mass is 9.87. The van der Waals surface area contributed by atoms with Crippen molar-refractivity contribution >= 4 is 7.12 Å². The standard InChI is InChI=1S/C10H15BO4/c1-9(2)10(3,4)15-11(14-9)8-7-12-5-6-13-8/h5-7H,1-4H3. The third kappa shape index (κ3) is 1.77. The summed E-state index contributed by atoms with van der Waals surface area (Å²) in [5.41, 5.74) is -0.178. The smallest absolute Gasteiger partial charge is 0.467 e. The molecule has 0 aromatic heterocycles. The molecule has 82 valence electrons. The van der Waals surface area contributed by atoms with Crippen molar-refractivity contribution in [3.63, 3.8) is 0 Å². The van der Waals surface area contributed by atoms with Crippen molar-refractivity contribution in [3.05, 3.63) is 24.4 Å². The Morgan fingerprint density at radius 1 is 1.00 bits per heavy atom. The van der Waals surface area contributed by atoms with Crippen LogP contribution >= 0.6 is 0 Å². The average molecular weight is 210 g/mol. The van der Waals surface area contributed by atoms with Gasteiger partial charge in [0.25, 0.3) is 0 Å². The van der Waals surface area contributed by atoms with Crippen LogP contribution in [0.2, 0.25) is 0 Å². The molecule has 4 nitrogen and oxygen atoms in total. The molecule has 0 aliphatic carbocycles. The highest BCUT2D eigenvalue weighted by Crippen LogP contribution is 2.38. The molecular weight excluding hydrogens is 195 g/mol. The van der Waals surface area contributed by atoms with E-state index in [1.807, 2.05) is 27.7 Å². The van der Waals surface area contributed by atoms with Gasteiger partial charge in [0.15, 0.2) is 5.66 Å². The zero-order valence-electron chi connectivity index (χ0n) is 9.44. The summed E-state index contributed by atoms with van der Waals surface area (Å²) in [5.74, 6) is 0. The lowest BCUT2D eigenvalue weighted by molar-refractivity contribution is 0.00578. The molecule has 0 saturated carbocycles. The highest BCUT2D eigenvalue weighted by Gasteiger charge is 2.53. The van der Waals surface area contributed by atoms with E-state index in [9.17, 15) is 0 Å². The monoisotopic (exact) mass is 210 g/mol. The van der Waals surface area contributed by atoms with Crippen LogP contribution in [0.15, 0.2) is 24.4 Å². The second kappa shape index (κ2) is 3.28. The first-order valence-corrected chi connectivity index (χ1v) is 4.95. The molecule has 0 spiro atoms. The van der Waals surface area contributed by atoms with Gasteiger partial charge in [0, 0.05) is 0 Å². The van der Waals surface area contributed by atoms with Gasteiger partial charge in [0.05, 0.1) is 11.2 Å². The van der Waals surface area contributed by atoms with E-state index in [-0.39, 0.29) is 11.2 Å². The summed E-state index contributed by atoms with van der Waals surface area (Å²) >= 11 is 0. The van der Waals surface area contributed by atoms with E-state index in [0.717, 1.165) is 0 Å². The molecule has 2 aliphatic rings. The van der Waals surface area contributed by atoms with Crippen LogP contribution in [-0.2, 0) is 18.8 Å². The molecule has 0 unspecified atom stereocenters. The van der Waals surface area contributed by atoms with Crippen LogP contribution in [0.4, 0.5) is 0 Å². The van der Waals surface area contributed by atoms with Crippen LogP contribution in [0, 0.1) is 0 Å². The quantitative estimate of drug-likeness (QED) is 0.620. The first-order valence-electron chi connectivity index (χ1n) is 4.95. The second-order valence-corrected chi connectivity index (χ2v) is 4.63. The van der Waals surface area contributed by atoms with E-state index in [2.05, 4.69) is 0 Å². The Morgan fingerprint density at radius 2 is 1.60 bits per heavy atom. The number of hydrogen-bond donors (Lipinski definition) is 0. The van der Waals surface area contributed by atoms with Crippen molar-refractivity contribution in [3.8, 4) is 0 Å². The molecule has 0 amide bonds. The molecule has 0 N–H and O–H groups in total. The van der Waals surface area contributed by atoms with E-state index in [1.165, 1.54) is 18.8 Å². The van der Waals surface area contributed by atoms with Crippen LogP contribution in [0.3, 0.4) is 0 Å². The van der Waals surface area contributed by atoms with E-state index in [1.54, 1.807) is 0 Å². The highest BCUT2D eigenvalue weighted by molar-refractivity contribution is 6.53. The maximum absolute atomic E-state index is 5.77. The van der Waals surface area contributed by atoms with Gasteiger partial charge in [0.2, 0.25) is 0 Å². The second-order valence-electron chi connectivity index (χ2n) is 4.63. The van der Waals surface area contributed by atoms with Gasteiger partial charge in [-0.15, -0.1) is 0 Å². The van der Waals surface area contributed by atoms with Gasteiger partial charge >= 0.3 is 7.12 Å². The SMILES string of the molecule is CC1(C)OB(C2=COC=CO2)OC1(C)C. The Hall–Kier alpha value is -0.935. The molecule has 1 fully saturated rings. The molecule has 2 rings (SSSR count). The minimum absolute atomic E-state index is 0.358. The maximum Gasteiger partial charge on any atom is 0.536 e. The summed E-state index contributed by atoms with van der Waals surface area (Å²) in [7, 11) is -0.500. The van der Waals surface area contributed by atoms with Gasteiger partial charge in [-0.05, 0) is 27.7 Å².